The summed E-state index contributed by atoms with van der Waals surface area (Å²) in [5.41, 5.74) is 2.03. The summed E-state index contributed by atoms with van der Waals surface area (Å²) >= 11 is 0. The highest BCUT2D eigenvalue weighted by Crippen LogP contribution is 2.51. The topological polar surface area (TPSA) is 302 Å². The van der Waals surface area contributed by atoms with Gasteiger partial charge >= 0.3 is 5.97 Å². The van der Waals surface area contributed by atoms with E-state index in [-0.39, 0.29) is 102 Å². The lowest BCUT2D eigenvalue weighted by Crippen LogP contribution is -2.35. The fraction of sp³-hybridized carbons (Fsp3) is 0.569. The lowest BCUT2D eigenvalue weighted by molar-refractivity contribution is -0.198. The SMILES string of the molecule is COCCOCCOCC[N+](CCCS(=O)(=O)O)=c1ccc2c(C(C)(C)C)cc(/C=C/C=C3/N(CCOCCOCCOCCC(=O)ON4C(=O)CCC4=O)c4ccc(S(=O)(=O)O)cc4C3(C)CCCS(=O)(=O)O)oc-2c1. The standard InChI is InChI=1S/C51H71N3O20S3/c1-50(2,3)42-36-39(73-45-35-38(11-13-41(42)45)52(19-8-34-76(61,62)63)20-23-69-28-31-71-26-25-67-5)9-6-10-46-51(4,18-7-33-75(58,59)60)43-37-40(77(64,65)66)12-14-44(43)53(46)21-24-70-29-32-72-30-27-68-22-17-49(57)74-54-47(55)15-16-48(54)56/h6,9-14,35-37H,7-8,15-34H2,1-5H3,(H2-,58,59,60,61,62,63,64,65,66)/p+1. The first-order valence-electron chi connectivity index (χ1n) is 25.1. The van der Waals surface area contributed by atoms with Crippen LogP contribution in [0.5, 0.6) is 0 Å². The zero-order valence-corrected chi connectivity index (χ0v) is 46.6. The fourth-order valence-corrected chi connectivity index (χ4v) is 10.2. The van der Waals surface area contributed by atoms with Crippen LogP contribution in [-0.2, 0) is 88.8 Å². The highest BCUT2D eigenvalue weighted by molar-refractivity contribution is 7.86. The van der Waals surface area contributed by atoms with Gasteiger partial charge in [-0.05, 0) is 78.8 Å². The molecule has 1 saturated heterocycles. The minimum atomic E-state index is -4.66. The third-order valence-electron chi connectivity index (χ3n) is 12.5. The molecule has 1 unspecified atom stereocenters. The van der Waals surface area contributed by atoms with Gasteiger partial charge in [0.25, 0.3) is 42.2 Å². The van der Waals surface area contributed by atoms with Crippen molar-refractivity contribution in [2.24, 2.45) is 0 Å². The van der Waals surface area contributed by atoms with E-state index in [1.165, 1.54) is 12.1 Å². The van der Waals surface area contributed by atoms with Crippen LogP contribution in [0.15, 0.2) is 69.6 Å². The van der Waals surface area contributed by atoms with E-state index in [0.717, 1.165) is 16.5 Å². The Morgan fingerprint density at radius 1 is 0.753 bits per heavy atom. The van der Waals surface area contributed by atoms with Gasteiger partial charge < -0.3 is 42.6 Å². The Labute approximate surface area is 450 Å². The zero-order valence-electron chi connectivity index (χ0n) is 44.2. The van der Waals surface area contributed by atoms with Crippen molar-refractivity contribution in [3.05, 3.63) is 82.6 Å². The van der Waals surface area contributed by atoms with E-state index in [2.05, 4.69) is 20.8 Å². The van der Waals surface area contributed by atoms with Gasteiger partial charge in [-0.2, -0.15) is 25.3 Å². The van der Waals surface area contributed by atoms with Crippen LogP contribution in [-0.4, -0.2) is 173 Å². The number of benzene rings is 2. The van der Waals surface area contributed by atoms with Crippen LogP contribution in [0.4, 0.5) is 5.69 Å². The molecule has 1 atom stereocenters. The Morgan fingerprint density at radius 3 is 1.96 bits per heavy atom. The maximum Gasteiger partial charge on any atom is 0.335 e. The summed E-state index contributed by atoms with van der Waals surface area (Å²) in [7, 11) is -11.7. The lowest BCUT2D eigenvalue weighted by Gasteiger charge is -2.30. The van der Waals surface area contributed by atoms with Crippen LogP contribution < -0.4 is 14.8 Å². The van der Waals surface area contributed by atoms with E-state index in [1.54, 1.807) is 31.4 Å². The molecule has 1 aromatic carbocycles. The van der Waals surface area contributed by atoms with E-state index in [4.69, 9.17) is 37.7 Å². The maximum absolute atomic E-state index is 12.5. The van der Waals surface area contributed by atoms with Crippen LogP contribution in [0.25, 0.3) is 17.4 Å². The number of hydroxylamine groups is 2. The number of hydrogen-bond donors (Lipinski definition) is 3. The molecule has 1 aromatic rings. The molecule has 0 aromatic heterocycles. The monoisotopic (exact) mass is 1140 g/mol. The molecule has 0 spiro atoms. The van der Waals surface area contributed by atoms with Gasteiger partial charge in [-0.1, -0.05) is 26.8 Å². The van der Waals surface area contributed by atoms with Crippen molar-refractivity contribution >= 4 is 59.9 Å². The van der Waals surface area contributed by atoms with Crippen LogP contribution >= 0.6 is 0 Å². The molecule has 26 heteroatoms. The summed E-state index contributed by atoms with van der Waals surface area (Å²) in [5, 5.41) is 1.19. The lowest BCUT2D eigenvalue weighted by atomic mass is 9.77. The van der Waals surface area contributed by atoms with E-state index in [0.29, 0.717) is 73.1 Å². The number of ether oxygens (including phenoxy) is 6. The molecule has 3 heterocycles. The average Bonchev–Trinajstić information content (AvgIpc) is 3.81. The number of anilines is 1. The Hall–Kier alpha value is -4.97. The Bertz CT molecular complexity index is 2930. The Balaban J connectivity index is 1.38. The minimum absolute atomic E-state index is 0.0101. The van der Waals surface area contributed by atoms with Crippen molar-refractivity contribution in [2.45, 2.75) is 81.9 Å². The summed E-state index contributed by atoms with van der Waals surface area (Å²) in [6.45, 7) is 11.6. The minimum Gasteiger partial charge on any atom is -0.456 e. The van der Waals surface area contributed by atoms with Gasteiger partial charge in [0.1, 0.15) is 24.7 Å². The van der Waals surface area contributed by atoms with Crippen molar-refractivity contribution in [3.63, 3.8) is 0 Å². The van der Waals surface area contributed by atoms with Crippen molar-refractivity contribution in [1.29, 1.82) is 0 Å². The molecule has 23 nitrogen and oxygen atoms in total. The first-order valence-corrected chi connectivity index (χ1v) is 29.8. The van der Waals surface area contributed by atoms with Gasteiger partial charge in [0.2, 0.25) is 5.36 Å². The molecule has 5 rings (SSSR count). The number of carbonyl (C=O) groups excluding carboxylic acids is 3. The van der Waals surface area contributed by atoms with Crippen molar-refractivity contribution in [3.8, 4) is 11.3 Å². The summed E-state index contributed by atoms with van der Waals surface area (Å²) < 4.78 is 143. The van der Waals surface area contributed by atoms with Crippen LogP contribution in [0, 0.1) is 0 Å². The number of rotatable bonds is 33. The van der Waals surface area contributed by atoms with Crippen molar-refractivity contribution < 1.29 is 91.0 Å². The number of methoxy groups -OCH3 is 1. The first-order chi connectivity index (χ1) is 36.3. The second kappa shape index (κ2) is 28.8. The number of hydrogen-bond acceptors (Lipinski definition) is 18. The number of imide groups is 1. The molecule has 77 heavy (non-hydrogen) atoms. The number of carbonyl (C=O) groups is 3. The molecule has 0 radical (unpaired) electrons. The van der Waals surface area contributed by atoms with E-state index >= 15 is 0 Å². The van der Waals surface area contributed by atoms with Gasteiger partial charge in [-0.3, -0.25) is 23.2 Å². The van der Waals surface area contributed by atoms with Gasteiger partial charge in [-0.15, -0.1) is 5.06 Å². The molecular formula is C51H72N3O20S3+. The van der Waals surface area contributed by atoms with Crippen molar-refractivity contribution in [1.82, 2.24) is 9.64 Å². The average molecular weight is 1140 g/mol. The summed E-state index contributed by atoms with van der Waals surface area (Å²) in [5.74, 6) is -1.94. The molecule has 1 fully saturated rings. The van der Waals surface area contributed by atoms with Gasteiger partial charge in [0.05, 0.1) is 95.0 Å². The molecule has 428 valence electrons. The molecule has 3 N–H and O–H groups in total. The summed E-state index contributed by atoms with van der Waals surface area (Å²) in [4.78, 5) is 41.7. The molecular weight excluding hydrogens is 1070 g/mol. The number of amides is 2. The number of nitrogens with zero attached hydrogens (tertiary/aromatic N) is 3. The van der Waals surface area contributed by atoms with E-state index in [9.17, 15) is 53.3 Å². The van der Waals surface area contributed by atoms with Crippen molar-refractivity contribution in [2.75, 3.05) is 116 Å². The molecule has 2 amide bonds. The second-order valence-corrected chi connectivity index (χ2v) is 24.0. The quantitative estimate of drug-likeness (QED) is 0.0335. The number of fused-ring (bicyclic) bond motifs is 2. The summed E-state index contributed by atoms with van der Waals surface area (Å²) in [6, 6.07) is 11.8. The second-order valence-electron chi connectivity index (χ2n) is 19.4. The third kappa shape index (κ3) is 19.7. The van der Waals surface area contributed by atoms with E-state index in [1.807, 2.05) is 40.7 Å². The predicted molar refractivity (Wildman–Crippen MR) is 282 cm³/mol. The molecule has 3 aliphatic heterocycles. The first kappa shape index (κ1) is 62.9. The van der Waals surface area contributed by atoms with Gasteiger partial charge in [0, 0.05) is 61.3 Å². The number of allylic oxidation sites excluding steroid dienone is 3. The smallest absolute Gasteiger partial charge is 0.335 e. The van der Waals surface area contributed by atoms with Crippen LogP contribution in [0.1, 0.15) is 83.1 Å². The molecule has 0 bridgehead atoms. The Kier molecular flexibility index (Phi) is 23.5. The molecule has 4 aliphatic rings. The molecule has 1 aliphatic carbocycles. The predicted octanol–water partition coefficient (Wildman–Crippen LogP) is 4.05. The van der Waals surface area contributed by atoms with E-state index < -0.39 is 65.1 Å². The fourth-order valence-electron chi connectivity index (χ4n) is 8.74. The maximum atomic E-state index is 12.5. The largest absolute Gasteiger partial charge is 0.456 e. The highest BCUT2D eigenvalue weighted by atomic mass is 32.2. The van der Waals surface area contributed by atoms with Gasteiger partial charge in [-0.25, -0.2) is 9.37 Å². The summed E-state index contributed by atoms with van der Waals surface area (Å²) in [6.07, 6.45) is 5.38. The molecule has 0 saturated carbocycles. The third-order valence-corrected chi connectivity index (χ3v) is 15.0. The normalized spacial score (nSPS) is 17.4. The Morgan fingerprint density at radius 2 is 1.35 bits per heavy atom. The zero-order chi connectivity index (χ0) is 56.4. The van der Waals surface area contributed by atoms with Crippen LogP contribution in [0.3, 0.4) is 0 Å². The van der Waals surface area contributed by atoms with Crippen LogP contribution in [0.2, 0.25) is 0 Å². The highest BCUT2D eigenvalue weighted by Gasteiger charge is 2.44. The van der Waals surface area contributed by atoms with Gasteiger partial charge in [0.15, 0.2) is 6.54 Å².